The van der Waals surface area contributed by atoms with Crippen molar-refractivity contribution in [2.75, 3.05) is 5.32 Å². The smallest absolute Gasteiger partial charge is 0.421 e. The summed E-state index contributed by atoms with van der Waals surface area (Å²) in [4.78, 5) is 12.0. The molecule has 0 atom stereocenters. The van der Waals surface area contributed by atoms with Crippen LogP contribution in [0.25, 0.3) is 0 Å². The molecule has 0 unspecified atom stereocenters. The molecule has 3 nitrogen and oxygen atoms in total. The molecule has 8 heteroatoms. The van der Waals surface area contributed by atoms with Crippen molar-refractivity contribution in [3.8, 4) is 5.75 Å². The highest BCUT2D eigenvalue weighted by atomic mass is 35.5. The molecule has 22 heavy (non-hydrogen) atoms. The number of carbonyl (C=O) groups excluding carboxylic acids is 1. The Kier molecular flexibility index (Phi) is 4.53. The molecule has 2 rings (SSSR count). The monoisotopic (exact) mass is 349 g/mol. The van der Waals surface area contributed by atoms with Crippen molar-refractivity contribution in [2.45, 2.75) is 6.18 Å². The normalized spacial score (nSPS) is 11.3. The van der Waals surface area contributed by atoms with Gasteiger partial charge < -0.3 is 10.4 Å². The van der Waals surface area contributed by atoms with Crippen LogP contribution >= 0.6 is 23.2 Å². The van der Waals surface area contributed by atoms with Crippen molar-refractivity contribution < 1.29 is 23.1 Å². The predicted molar refractivity (Wildman–Crippen MR) is 77.5 cm³/mol. The van der Waals surface area contributed by atoms with Crippen molar-refractivity contribution in [1.29, 1.82) is 0 Å². The Balaban J connectivity index is 2.48. The number of carbonyl (C=O) groups is 1. The third-order valence-electron chi connectivity index (χ3n) is 2.75. The molecule has 0 bridgehead atoms. The molecular formula is C14H8Cl2F3NO2. The number of benzene rings is 2. The molecule has 0 aliphatic rings. The van der Waals surface area contributed by atoms with Gasteiger partial charge >= 0.3 is 6.18 Å². The lowest BCUT2D eigenvalue weighted by molar-refractivity contribution is -0.138. The van der Waals surface area contributed by atoms with Crippen molar-refractivity contribution in [3.05, 3.63) is 57.6 Å². The minimum Gasteiger partial charge on any atom is -0.506 e. The van der Waals surface area contributed by atoms with Crippen molar-refractivity contribution in [1.82, 2.24) is 0 Å². The SMILES string of the molecule is O=C(Nc1ccccc1)c1cc(Cl)c(Cl)c(C(F)(F)F)c1O. The van der Waals surface area contributed by atoms with Crippen LogP contribution in [0.5, 0.6) is 5.75 Å². The average molecular weight is 350 g/mol. The molecule has 0 heterocycles. The van der Waals surface area contributed by atoms with E-state index in [9.17, 15) is 23.1 Å². The van der Waals surface area contributed by atoms with E-state index in [0.717, 1.165) is 6.07 Å². The predicted octanol–water partition coefficient (Wildman–Crippen LogP) is 4.97. The van der Waals surface area contributed by atoms with Gasteiger partial charge in [0.1, 0.15) is 11.3 Å². The highest BCUT2D eigenvalue weighted by molar-refractivity contribution is 6.43. The van der Waals surface area contributed by atoms with Crippen LogP contribution in [0.1, 0.15) is 15.9 Å². The lowest BCUT2D eigenvalue weighted by Crippen LogP contribution is -2.15. The van der Waals surface area contributed by atoms with E-state index in [1.807, 2.05) is 0 Å². The molecule has 0 spiro atoms. The second-order valence-corrected chi connectivity index (χ2v) is 5.05. The summed E-state index contributed by atoms with van der Waals surface area (Å²) in [6.45, 7) is 0. The largest absolute Gasteiger partial charge is 0.506 e. The number of anilines is 1. The van der Waals surface area contributed by atoms with E-state index in [4.69, 9.17) is 23.2 Å². The minimum atomic E-state index is -4.95. The molecule has 0 saturated carbocycles. The van der Waals surface area contributed by atoms with Gasteiger partial charge in [0.15, 0.2) is 0 Å². The summed E-state index contributed by atoms with van der Waals surface area (Å²) in [6, 6.07) is 8.92. The highest BCUT2D eigenvalue weighted by Gasteiger charge is 2.39. The number of nitrogens with one attached hydrogen (secondary N) is 1. The van der Waals surface area contributed by atoms with Crippen molar-refractivity contribution in [3.63, 3.8) is 0 Å². The zero-order chi connectivity index (χ0) is 16.5. The van der Waals surface area contributed by atoms with Crippen LogP contribution in [-0.4, -0.2) is 11.0 Å². The first kappa shape index (κ1) is 16.5. The Bertz CT molecular complexity index is 718. The summed E-state index contributed by atoms with van der Waals surface area (Å²) < 4.78 is 38.8. The Morgan fingerprint density at radius 3 is 2.27 bits per heavy atom. The number of para-hydroxylation sites is 1. The summed E-state index contributed by atoms with van der Waals surface area (Å²) in [7, 11) is 0. The van der Waals surface area contributed by atoms with Crippen LogP contribution in [0, 0.1) is 0 Å². The summed E-state index contributed by atoms with van der Waals surface area (Å²) in [6.07, 6.45) is -4.95. The maximum Gasteiger partial charge on any atom is 0.421 e. The Morgan fingerprint density at radius 2 is 1.73 bits per heavy atom. The molecule has 0 saturated heterocycles. The highest BCUT2D eigenvalue weighted by Crippen LogP contribution is 2.45. The molecule has 0 aliphatic heterocycles. The number of phenolic OH excluding ortho intramolecular Hbond substituents is 1. The quantitative estimate of drug-likeness (QED) is 0.803. The van der Waals surface area contributed by atoms with Gasteiger partial charge in [-0.3, -0.25) is 4.79 Å². The lowest BCUT2D eigenvalue weighted by atomic mass is 10.1. The zero-order valence-corrected chi connectivity index (χ0v) is 12.2. The van der Waals surface area contributed by atoms with E-state index in [1.165, 1.54) is 12.1 Å². The Labute approximate surface area is 133 Å². The van der Waals surface area contributed by atoms with Gasteiger partial charge in [-0.2, -0.15) is 13.2 Å². The van der Waals surface area contributed by atoms with E-state index >= 15 is 0 Å². The lowest BCUT2D eigenvalue weighted by Gasteiger charge is -2.15. The maximum absolute atomic E-state index is 12.9. The zero-order valence-electron chi connectivity index (χ0n) is 10.7. The van der Waals surface area contributed by atoms with Crippen molar-refractivity contribution >= 4 is 34.8 Å². The van der Waals surface area contributed by atoms with Gasteiger partial charge in [-0.25, -0.2) is 0 Å². The van der Waals surface area contributed by atoms with Crippen LogP contribution in [0.2, 0.25) is 10.0 Å². The third kappa shape index (κ3) is 3.28. The fourth-order valence-electron chi connectivity index (χ4n) is 1.77. The van der Waals surface area contributed by atoms with Gasteiger partial charge in [-0.05, 0) is 18.2 Å². The van der Waals surface area contributed by atoms with Crippen LogP contribution in [0.4, 0.5) is 18.9 Å². The third-order valence-corrected chi connectivity index (χ3v) is 3.54. The van der Waals surface area contributed by atoms with Gasteiger partial charge in [0.05, 0.1) is 15.6 Å². The number of hydrogen-bond acceptors (Lipinski definition) is 2. The molecule has 1 amide bonds. The average Bonchev–Trinajstić information content (AvgIpc) is 2.42. The van der Waals surface area contributed by atoms with Gasteiger partial charge in [-0.1, -0.05) is 41.4 Å². The second kappa shape index (κ2) is 6.06. The van der Waals surface area contributed by atoms with Crippen LogP contribution < -0.4 is 5.32 Å². The van der Waals surface area contributed by atoms with E-state index < -0.39 is 39.0 Å². The maximum atomic E-state index is 12.9. The van der Waals surface area contributed by atoms with Crippen LogP contribution in [-0.2, 0) is 6.18 Å². The number of aromatic hydroxyl groups is 1. The van der Waals surface area contributed by atoms with Gasteiger partial charge in [0, 0.05) is 5.69 Å². The van der Waals surface area contributed by atoms with E-state index in [-0.39, 0.29) is 0 Å². The molecule has 2 aromatic carbocycles. The van der Waals surface area contributed by atoms with Crippen LogP contribution in [0.3, 0.4) is 0 Å². The van der Waals surface area contributed by atoms with Crippen molar-refractivity contribution in [2.24, 2.45) is 0 Å². The number of amides is 1. The molecule has 2 N–H and O–H groups in total. The standard InChI is InChI=1S/C14H8Cl2F3NO2/c15-9-6-8(12(21)10(11(9)16)14(17,18)19)13(22)20-7-4-2-1-3-5-7/h1-6,21H,(H,20,22). The molecule has 0 aliphatic carbocycles. The number of halogens is 5. The summed E-state index contributed by atoms with van der Waals surface area (Å²) >= 11 is 11.1. The Hall–Kier alpha value is -1.92. The number of hydrogen-bond donors (Lipinski definition) is 2. The first-order valence-corrected chi connectivity index (χ1v) is 6.62. The Morgan fingerprint density at radius 1 is 1.14 bits per heavy atom. The fraction of sp³-hybridized carbons (Fsp3) is 0.0714. The molecule has 0 aromatic heterocycles. The van der Waals surface area contributed by atoms with E-state index in [0.29, 0.717) is 5.69 Å². The number of alkyl halides is 3. The molecule has 2 aromatic rings. The van der Waals surface area contributed by atoms with Crippen LogP contribution in [0.15, 0.2) is 36.4 Å². The van der Waals surface area contributed by atoms with E-state index in [2.05, 4.69) is 5.32 Å². The summed E-state index contributed by atoms with van der Waals surface area (Å²) in [5.41, 5.74) is -1.81. The van der Waals surface area contributed by atoms with E-state index in [1.54, 1.807) is 18.2 Å². The molecule has 0 radical (unpaired) electrons. The van der Waals surface area contributed by atoms with Gasteiger partial charge in [-0.15, -0.1) is 0 Å². The summed E-state index contributed by atoms with van der Waals surface area (Å²) in [5, 5.41) is 10.8. The topological polar surface area (TPSA) is 49.3 Å². The second-order valence-electron chi connectivity index (χ2n) is 4.26. The fourth-order valence-corrected chi connectivity index (χ4v) is 2.22. The first-order valence-electron chi connectivity index (χ1n) is 5.86. The minimum absolute atomic E-state index is 0.353. The van der Waals surface area contributed by atoms with Gasteiger partial charge in [0.2, 0.25) is 0 Å². The molecular weight excluding hydrogens is 342 g/mol. The van der Waals surface area contributed by atoms with Gasteiger partial charge in [0.25, 0.3) is 5.91 Å². The number of phenols is 1. The number of rotatable bonds is 2. The molecule has 0 fully saturated rings. The summed E-state index contributed by atoms with van der Waals surface area (Å²) in [5.74, 6) is -2.21. The first-order chi connectivity index (χ1) is 10.2. The molecule has 116 valence electrons.